The number of aromatic amines is 1. The van der Waals surface area contributed by atoms with Crippen molar-refractivity contribution in [1.29, 1.82) is 0 Å². The summed E-state index contributed by atoms with van der Waals surface area (Å²) in [6.45, 7) is 17.1. The first-order valence-electron chi connectivity index (χ1n) is 25.1. The van der Waals surface area contributed by atoms with Crippen molar-refractivity contribution >= 4 is 36.9 Å². The van der Waals surface area contributed by atoms with Gasteiger partial charge in [-0.25, -0.2) is 4.79 Å². The second-order valence-corrected chi connectivity index (χ2v) is 25.0. The second-order valence-electron chi connectivity index (χ2n) is 20.2. The Morgan fingerprint density at radius 1 is 0.786 bits per heavy atom. The first-order valence-corrected chi connectivity index (χ1v) is 28.0. The monoisotopic (exact) mass is 964 g/mol. The van der Waals surface area contributed by atoms with Crippen LogP contribution in [0.25, 0.3) is 22.0 Å². The van der Waals surface area contributed by atoms with Gasteiger partial charge < -0.3 is 28.7 Å². The number of likely N-dealkylation sites (tertiary alicyclic amines) is 1. The average molecular weight is 964 g/mol. The topological polar surface area (TPSA) is 116 Å². The molecular formula is C58H73N5O6Si. The van der Waals surface area contributed by atoms with Crippen LogP contribution >= 0.6 is 0 Å². The molecule has 5 aromatic carbocycles. The number of para-hydroxylation sites is 1. The molecular weight excluding hydrogens is 891 g/mol. The van der Waals surface area contributed by atoms with Crippen molar-refractivity contribution in [3.63, 3.8) is 0 Å². The number of ether oxygens (including phenoxy) is 2. The zero-order chi connectivity index (χ0) is 49.5. The molecule has 6 aromatic rings. The summed E-state index contributed by atoms with van der Waals surface area (Å²) in [5, 5.41) is 3.85. The Kier molecular flexibility index (Phi) is 18.3. The molecule has 0 aliphatic carbocycles. The number of piperidine rings is 1. The number of carbonyl (C=O) groups is 2. The molecule has 70 heavy (non-hydrogen) atoms. The van der Waals surface area contributed by atoms with Crippen LogP contribution in [-0.2, 0) is 27.1 Å². The molecule has 2 N–H and O–H groups in total. The molecule has 11 nitrogen and oxygen atoms in total. The van der Waals surface area contributed by atoms with Crippen molar-refractivity contribution in [2.75, 3.05) is 51.6 Å². The van der Waals surface area contributed by atoms with Gasteiger partial charge in [-0.15, -0.1) is 0 Å². The fourth-order valence-corrected chi connectivity index (χ4v) is 10.1. The second kappa shape index (κ2) is 24.7. The molecule has 0 spiro atoms. The molecule has 0 radical (unpaired) electrons. The molecule has 0 bridgehead atoms. The number of rotatable bonds is 22. The minimum atomic E-state index is -2.29. The lowest BCUT2D eigenvalue weighted by Gasteiger charge is -2.41. The van der Waals surface area contributed by atoms with Gasteiger partial charge in [-0.3, -0.25) is 19.8 Å². The fraction of sp³-hybridized carbons (Fsp3) is 0.397. The molecule has 1 atom stereocenters. The number of fused-ring (bicyclic) bond motifs is 1. The van der Waals surface area contributed by atoms with Crippen LogP contribution in [0.2, 0.25) is 18.1 Å². The van der Waals surface area contributed by atoms with Crippen molar-refractivity contribution < 1.29 is 23.5 Å². The number of pyridine rings is 1. The van der Waals surface area contributed by atoms with Crippen molar-refractivity contribution in [2.24, 2.45) is 0 Å². The molecule has 7 rings (SSSR count). The summed E-state index contributed by atoms with van der Waals surface area (Å²) in [5.74, 6) is 0.791. The summed E-state index contributed by atoms with van der Waals surface area (Å²) in [6.07, 6.45) is 3.83. The number of aromatic nitrogens is 1. The maximum absolute atomic E-state index is 13.4. The number of H-pyrrole nitrogens is 1. The Morgan fingerprint density at radius 2 is 1.44 bits per heavy atom. The van der Waals surface area contributed by atoms with Crippen molar-refractivity contribution in [1.82, 2.24) is 19.7 Å². The number of unbranched alkanes of at least 4 members (excludes halogenated alkanes) is 2. The fourth-order valence-electron chi connectivity index (χ4n) is 8.83. The Bertz CT molecular complexity index is 2650. The number of anilines is 1. The van der Waals surface area contributed by atoms with Gasteiger partial charge >= 0.3 is 6.09 Å². The number of hydrogen-bond donors (Lipinski definition) is 2. The number of hydrogen-bond acceptors (Lipinski definition) is 8. The van der Waals surface area contributed by atoms with E-state index in [-0.39, 0.29) is 28.7 Å². The van der Waals surface area contributed by atoms with Gasteiger partial charge in [-0.05, 0) is 90.8 Å². The van der Waals surface area contributed by atoms with E-state index < -0.39 is 14.4 Å². The summed E-state index contributed by atoms with van der Waals surface area (Å²) in [4.78, 5) is 48.9. The summed E-state index contributed by atoms with van der Waals surface area (Å²) in [7, 11) is -0.390. The highest BCUT2D eigenvalue weighted by atomic mass is 28.4. The van der Waals surface area contributed by atoms with E-state index >= 15 is 0 Å². The predicted molar refractivity (Wildman–Crippen MR) is 286 cm³/mol. The van der Waals surface area contributed by atoms with Crippen molar-refractivity contribution in [2.45, 2.75) is 103 Å². The third kappa shape index (κ3) is 14.7. The van der Waals surface area contributed by atoms with Crippen LogP contribution in [0.3, 0.4) is 0 Å². The number of nitrogens with zero attached hydrogens (tertiary/aromatic N) is 3. The van der Waals surface area contributed by atoms with Gasteiger partial charge in [0.2, 0.25) is 11.5 Å². The van der Waals surface area contributed by atoms with Crippen molar-refractivity contribution in [3.05, 3.63) is 167 Å². The summed E-state index contributed by atoms with van der Waals surface area (Å²) in [6, 6.07) is 46.0. The van der Waals surface area contributed by atoms with Gasteiger partial charge in [-0.1, -0.05) is 142 Å². The van der Waals surface area contributed by atoms with Crippen LogP contribution in [0.4, 0.5) is 10.5 Å². The number of nitrogens with one attached hydrogen (secondary N) is 2. The van der Waals surface area contributed by atoms with E-state index in [1.165, 1.54) is 5.56 Å². The molecule has 1 fully saturated rings. The van der Waals surface area contributed by atoms with Crippen LogP contribution in [0.1, 0.15) is 82.1 Å². The minimum Gasteiger partial charge on any atom is -0.487 e. The quantitative estimate of drug-likeness (QED) is 0.0510. The molecule has 2 heterocycles. The van der Waals surface area contributed by atoms with E-state index in [9.17, 15) is 14.4 Å². The SMILES string of the molecule is CN(CCN1CCC(OC(=O)Nc2ccccc2-c2ccccc2)CC1)C(=O)CCCCCN(Cc1ccccc1)CC(O[Si](C)(C)C(C)(C)C)c1ccc(OCc2ccccc2)c2[nH]c(=O)ccc12. The highest BCUT2D eigenvalue weighted by Gasteiger charge is 2.40. The number of amides is 2. The zero-order valence-electron chi connectivity index (χ0n) is 42.1. The first-order chi connectivity index (χ1) is 33.7. The normalized spacial score (nSPS) is 14.1. The van der Waals surface area contributed by atoms with Gasteiger partial charge in [0.15, 0.2) is 8.32 Å². The van der Waals surface area contributed by atoms with Gasteiger partial charge in [-0.2, -0.15) is 0 Å². The van der Waals surface area contributed by atoms with E-state index in [0.717, 1.165) is 98.2 Å². The van der Waals surface area contributed by atoms with Crippen LogP contribution in [0.15, 0.2) is 144 Å². The van der Waals surface area contributed by atoms with E-state index in [1.54, 1.807) is 6.07 Å². The third-order valence-corrected chi connectivity index (χ3v) is 18.5. The Labute approximate surface area is 416 Å². The number of likely N-dealkylation sites (N-methyl/N-ethyl adjacent to an activating group) is 1. The number of benzene rings is 5. The lowest BCUT2D eigenvalue weighted by molar-refractivity contribution is -0.130. The van der Waals surface area contributed by atoms with E-state index in [0.29, 0.717) is 37.4 Å². The van der Waals surface area contributed by atoms with E-state index in [4.69, 9.17) is 13.9 Å². The van der Waals surface area contributed by atoms with Gasteiger partial charge in [0.05, 0.1) is 17.3 Å². The van der Waals surface area contributed by atoms with Crippen LogP contribution in [0.5, 0.6) is 5.75 Å². The Balaban J connectivity index is 0.914. The smallest absolute Gasteiger partial charge is 0.411 e. The zero-order valence-corrected chi connectivity index (χ0v) is 43.1. The number of carbonyl (C=O) groups excluding carboxylic acids is 2. The molecule has 1 aliphatic heterocycles. The maximum Gasteiger partial charge on any atom is 0.411 e. The molecule has 370 valence electrons. The average Bonchev–Trinajstić information content (AvgIpc) is 3.35. The highest BCUT2D eigenvalue weighted by Crippen LogP contribution is 2.42. The van der Waals surface area contributed by atoms with Gasteiger partial charge in [0.1, 0.15) is 18.5 Å². The lowest BCUT2D eigenvalue weighted by atomic mass is 10.0. The molecule has 1 aromatic heterocycles. The molecule has 1 aliphatic rings. The van der Waals surface area contributed by atoms with E-state index in [2.05, 4.69) is 84.3 Å². The molecule has 1 unspecified atom stereocenters. The Morgan fingerprint density at radius 3 is 2.14 bits per heavy atom. The predicted octanol–water partition coefficient (Wildman–Crippen LogP) is 12.1. The first kappa shape index (κ1) is 51.8. The van der Waals surface area contributed by atoms with Crippen molar-refractivity contribution in [3.8, 4) is 16.9 Å². The summed E-state index contributed by atoms with van der Waals surface area (Å²) < 4.78 is 19.6. The van der Waals surface area contributed by atoms with Crippen LogP contribution in [-0.4, -0.2) is 92.4 Å². The summed E-state index contributed by atoms with van der Waals surface area (Å²) in [5.41, 5.74) is 6.50. The molecule has 12 heteroatoms. The third-order valence-electron chi connectivity index (χ3n) is 14.0. The maximum atomic E-state index is 13.4. The minimum absolute atomic E-state index is 0.0270. The van der Waals surface area contributed by atoms with E-state index in [1.807, 2.05) is 115 Å². The molecule has 0 saturated carbocycles. The molecule has 2 amide bonds. The van der Waals surface area contributed by atoms with Crippen LogP contribution in [0, 0.1) is 0 Å². The Hall–Kier alpha value is -6.05. The van der Waals surface area contributed by atoms with Crippen LogP contribution < -0.4 is 15.6 Å². The largest absolute Gasteiger partial charge is 0.487 e. The lowest BCUT2D eigenvalue weighted by Crippen LogP contribution is -2.44. The highest BCUT2D eigenvalue weighted by molar-refractivity contribution is 6.74. The molecule has 1 saturated heterocycles. The summed E-state index contributed by atoms with van der Waals surface area (Å²) >= 11 is 0. The van der Waals surface area contributed by atoms with Gasteiger partial charge in [0.25, 0.3) is 0 Å². The van der Waals surface area contributed by atoms with Gasteiger partial charge in [0, 0.05) is 69.8 Å². The standard InChI is InChI=1S/C58H73N5O6Si/c1-58(2,3)70(5,6)69-53(49-30-32-52(56-50(49)31-33-54(64)60-56)67-43-45-23-13-8-14-24-45)42-63(41-44-21-11-7-12-22-44)36-20-10-17-29-55(65)61(4)39-40-62-37-34-47(35-38-62)68-57(66)59-51-28-19-18-27-48(51)46-25-15-9-16-26-46/h7-9,11-16,18-19,21-28,30-33,47,53H,10,17,20,29,34-43H2,1-6H3,(H,59,66)(H,60,64).